The van der Waals surface area contributed by atoms with Crippen LogP contribution in [0.5, 0.6) is 0 Å². The summed E-state index contributed by atoms with van der Waals surface area (Å²) in [5.74, 6) is -4.06. The van der Waals surface area contributed by atoms with E-state index in [-0.39, 0.29) is 18.4 Å². The smallest absolute Gasteiger partial charge is 0.221 e. The van der Waals surface area contributed by atoms with Gasteiger partial charge in [-0.1, -0.05) is 26.7 Å². The zero-order valence-corrected chi connectivity index (χ0v) is 15.0. The van der Waals surface area contributed by atoms with E-state index in [4.69, 9.17) is 17.2 Å². The van der Waals surface area contributed by atoms with E-state index in [0.717, 1.165) is 25.7 Å². The summed E-state index contributed by atoms with van der Waals surface area (Å²) in [5.41, 5.74) is 15.7. The molecule has 0 spiro atoms. The van der Waals surface area contributed by atoms with E-state index in [0.29, 0.717) is 11.8 Å². The van der Waals surface area contributed by atoms with Crippen LogP contribution in [0.15, 0.2) is 0 Å². The highest BCUT2D eigenvalue weighted by atomic mass is 16.2. The van der Waals surface area contributed by atoms with Gasteiger partial charge in [0.15, 0.2) is 0 Å². The molecule has 0 aliphatic heterocycles. The van der Waals surface area contributed by atoms with Crippen molar-refractivity contribution in [1.29, 1.82) is 0 Å². The Morgan fingerprint density at radius 1 is 0.960 bits per heavy atom. The van der Waals surface area contributed by atoms with Gasteiger partial charge in [0, 0.05) is 18.9 Å². The third-order valence-corrected chi connectivity index (χ3v) is 5.07. The number of hydrogen-bond donors (Lipinski definition) is 4. The summed E-state index contributed by atoms with van der Waals surface area (Å²) < 4.78 is 0. The lowest BCUT2D eigenvalue weighted by atomic mass is 9.79. The molecule has 0 saturated heterocycles. The van der Waals surface area contributed by atoms with Gasteiger partial charge in [-0.2, -0.15) is 0 Å². The predicted molar refractivity (Wildman–Crippen MR) is 92.5 cm³/mol. The molecule has 142 valence electrons. The number of carbonyl (C=O) groups excluding carboxylic acids is 4. The molecular weight excluding hydrogens is 324 g/mol. The van der Waals surface area contributed by atoms with Crippen LogP contribution in [0.1, 0.15) is 52.4 Å². The van der Waals surface area contributed by atoms with Gasteiger partial charge in [0.1, 0.15) is 0 Å². The molecule has 0 aromatic heterocycles. The monoisotopic (exact) mass is 354 g/mol. The molecule has 1 saturated carbocycles. The molecule has 4 atom stereocenters. The Kier molecular flexibility index (Phi) is 7.86. The van der Waals surface area contributed by atoms with Gasteiger partial charge >= 0.3 is 0 Å². The largest absolute Gasteiger partial charge is 0.370 e. The van der Waals surface area contributed by atoms with E-state index < -0.39 is 36.0 Å². The molecule has 25 heavy (non-hydrogen) atoms. The van der Waals surface area contributed by atoms with Gasteiger partial charge < -0.3 is 22.5 Å². The third kappa shape index (κ3) is 6.72. The zero-order chi connectivity index (χ0) is 19.1. The van der Waals surface area contributed by atoms with Crippen LogP contribution in [0.3, 0.4) is 0 Å². The van der Waals surface area contributed by atoms with E-state index >= 15 is 0 Å². The molecule has 0 heterocycles. The topological polar surface area (TPSA) is 158 Å². The van der Waals surface area contributed by atoms with Crippen molar-refractivity contribution in [1.82, 2.24) is 5.32 Å². The summed E-state index contributed by atoms with van der Waals surface area (Å²) in [6, 6.07) is 0.0466. The van der Waals surface area contributed by atoms with Crippen molar-refractivity contribution in [3.05, 3.63) is 0 Å². The van der Waals surface area contributed by atoms with E-state index in [9.17, 15) is 19.2 Å². The standard InChI is InChI=1S/C17H30N4O4/c1-9(2)10-4-3-5-11(6-10)21-15(23)8-13(17(20)25)12(16(19)24)7-14(18)22/h9-13H,3-8H2,1-2H3,(H2,18,22)(H2,19,24)(H2,20,25)(H,21,23). The van der Waals surface area contributed by atoms with Crippen LogP contribution in [-0.4, -0.2) is 29.7 Å². The summed E-state index contributed by atoms with van der Waals surface area (Å²) >= 11 is 0. The second-order valence-corrected chi connectivity index (χ2v) is 7.33. The molecule has 0 aromatic rings. The molecule has 8 nitrogen and oxygen atoms in total. The van der Waals surface area contributed by atoms with Gasteiger partial charge in [0.2, 0.25) is 23.6 Å². The quantitative estimate of drug-likeness (QED) is 0.451. The van der Waals surface area contributed by atoms with Gasteiger partial charge in [-0.3, -0.25) is 19.2 Å². The fourth-order valence-corrected chi connectivity index (χ4v) is 3.55. The number of carbonyl (C=O) groups is 4. The number of primary amides is 3. The van der Waals surface area contributed by atoms with Gasteiger partial charge in [-0.25, -0.2) is 0 Å². The Bertz CT molecular complexity index is 521. The minimum Gasteiger partial charge on any atom is -0.370 e. The Morgan fingerprint density at radius 2 is 1.52 bits per heavy atom. The van der Waals surface area contributed by atoms with Crippen LogP contribution >= 0.6 is 0 Å². The van der Waals surface area contributed by atoms with Crippen molar-refractivity contribution < 1.29 is 19.2 Å². The number of amides is 4. The van der Waals surface area contributed by atoms with Gasteiger partial charge in [-0.05, 0) is 24.7 Å². The maximum absolute atomic E-state index is 12.3. The minimum atomic E-state index is -1.17. The Balaban J connectivity index is 2.71. The molecule has 4 amide bonds. The summed E-state index contributed by atoms with van der Waals surface area (Å²) in [5, 5.41) is 2.92. The lowest BCUT2D eigenvalue weighted by molar-refractivity contribution is -0.137. The Morgan fingerprint density at radius 3 is 2.00 bits per heavy atom. The SMILES string of the molecule is CC(C)C1CCCC(NC(=O)CC(C(N)=O)C(CC(N)=O)C(N)=O)C1. The number of nitrogens with one attached hydrogen (secondary N) is 1. The summed E-state index contributed by atoms with van der Waals surface area (Å²) in [6.45, 7) is 4.33. The van der Waals surface area contributed by atoms with Crippen molar-refractivity contribution in [2.45, 2.75) is 58.4 Å². The molecule has 0 bridgehead atoms. The van der Waals surface area contributed by atoms with Gasteiger partial charge in [0.05, 0.1) is 11.8 Å². The molecule has 1 fully saturated rings. The highest BCUT2D eigenvalue weighted by Crippen LogP contribution is 2.30. The van der Waals surface area contributed by atoms with E-state index in [1.54, 1.807) is 0 Å². The first-order chi connectivity index (χ1) is 11.6. The third-order valence-electron chi connectivity index (χ3n) is 5.07. The molecular formula is C17H30N4O4. The molecule has 8 heteroatoms. The zero-order valence-electron chi connectivity index (χ0n) is 15.0. The number of hydrogen-bond acceptors (Lipinski definition) is 4. The summed E-state index contributed by atoms with van der Waals surface area (Å²) in [4.78, 5) is 46.7. The minimum absolute atomic E-state index is 0.0466. The maximum Gasteiger partial charge on any atom is 0.221 e. The van der Waals surface area contributed by atoms with Crippen LogP contribution in [0.4, 0.5) is 0 Å². The molecule has 0 aromatic carbocycles. The molecule has 0 radical (unpaired) electrons. The van der Waals surface area contributed by atoms with E-state index in [2.05, 4.69) is 19.2 Å². The van der Waals surface area contributed by atoms with Crippen LogP contribution in [0, 0.1) is 23.7 Å². The molecule has 1 aliphatic carbocycles. The van der Waals surface area contributed by atoms with E-state index in [1.165, 1.54) is 0 Å². The normalized spacial score (nSPS) is 22.8. The van der Waals surface area contributed by atoms with Crippen LogP contribution in [-0.2, 0) is 19.2 Å². The molecule has 1 aliphatic rings. The average molecular weight is 354 g/mol. The first-order valence-corrected chi connectivity index (χ1v) is 8.78. The molecule has 4 unspecified atom stereocenters. The van der Waals surface area contributed by atoms with Crippen molar-refractivity contribution in [3.63, 3.8) is 0 Å². The highest BCUT2D eigenvalue weighted by molar-refractivity contribution is 5.92. The number of nitrogens with two attached hydrogens (primary N) is 3. The fraction of sp³-hybridized carbons (Fsp3) is 0.765. The van der Waals surface area contributed by atoms with Gasteiger partial charge in [-0.15, -0.1) is 0 Å². The van der Waals surface area contributed by atoms with Crippen LogP contribution in [0.2, 0.25) is 0 Å². The molecule has 1 rings (SSSR count). The second-order valence-electron chi connectivity index (χ2n) is 7.33. The van der Waals surface area contributed by atoms with Gasteiger partial charge in [0.25, 0.3) is 0 Å². The second kappa shape index (κ2) is 9.39. The lowest BCUT2D eigenvalue weighted by Gasteiger charge is -2.32. The first kappa shape index (κ1) is 20.9. The van der Waals surface area contributed by atoms with Crippen molar-refractivity contribution in [2.24, 2.45) is 40.9 Å². The lowest BCUT2D eigenvalue weighted by Crippen LogP contribution is -2.45. The predicted octanol–water partition coefficient (Wildman–Crippen LogP) is -0.214. The van der Waals surface area contributed by atoms with Crippen molar-refractivity contribution in [3.8, 4) is 0 Å². The first-order valence-electron chi connectivity index (χ1n) is 8.78. The summed E-state index contributed by atoms with van der Waals surface area (Å²) in [7, 11) is 0. The summed E-state index contributed by atoms with van der Waals surface area (Å²) in [6.07, 6.45) is 3.28. The van der Waals surface area contributed by atoms with Crippen molar-refractivity contribution in [2.75, 3.05) is 0 Å². The number of rotatable bonds is 9. The highest BCUT2D eigenvalue weighted by Gasteiger charge is 2.35. The van der Waals surface area contributed by atoms with Crippen LogP contribution in [0.25, 0.3) is 0 Å². The molecule has 7 N–H and O–H groups in total. The Hall–Kier alpha value is -2.12. The fourth-order valence-electron chi connectivity index (χ4n) is 3.55. The maximum atomic E-state index is 12.3. The average Bonchev–Trinajstić information content (AvgIpc) is 2.50. The van der Waals surface area contributed by atoms with Crippen LogP contribution < -0.4 is 22.5 Å². The Labute approximate surface area is 148 Å². The van der Waals surface area contributed by atoms with Crippen molar-refractivity contribution >= 4 is 23.6 Å². The van der Waals surface area contributed by atoms with E-state index in [1.807, 2.05) is 0 Å².